The lowest BCUT2D eigenvalue weighted by Crippen LogP contribution is -2.50. The number of primary amides is 1. The molecular formula is C12H22N4O2. The highest BCUT2D eigenvalue weighted by atomic mass is 16.2. The maximum atomic E-state index is 11.9. The van der Waals surface area contributed by atoms with Gasteiger partial charge in [-0.3, -0.25) is 14.5 Å². The molecular weight excluding hydrogens is 232 g/mol. The molecule has 1 unspecified atom stereocenters. The Bertz CT molecular complexity index is 307. The van der Waals surface area contributed by atoms with E-state index in [2.05, 4.69) is 10.6 Å². The van der Waals surface area contributed by atoms with Gasteiger partial charge in [0.1, 0.15) is 0 Å². The van der Waals surface area contributed by atoms with E-state index >= 15 is 0 Å². The number of hydrogen-bond acceptors (Lipinski definition) is 4. The molecule has 2 rings (SSSR count). The Labute approximate surface area is 107 Å². The highest BCUT2D eigenvalue weighted by Crippen LogP contribution is 2.11. The molecule has 0 spiro atoms. The summed E-state index contributed by atoms with van der Waals surface area (Å²) in [5.74, 6) is -0.159. The van der Waals surface area contributed by atoms with Crippen LogP contribution < -0.4 is 16.4 Å². The minimum absolute atomic E-state index is 0.00588. The van der Waals surface area contributed by atoms with Crippen molar-refractivity contribution < 1.29 is 9.59 Å². The number of nitrogens with one attached hydrogen (secondary N) is 2. The van der Waals surface area contributed by atoms with Crippen molar-refractivity contribution in [3.05, 3.63) is 0 Å². The lowest BCUT2D eigenvalue weighted by molar-refractivity contribution is -0.124. The lowest BCUT2D eigenvalue weighted by atomic mass is 10.0. The molecule has 0 aromatic rings. The van der Waals surface area contributed by atoms with E-state index in [9.17, 15) is 9.59 Å². The highest BCUT2D eigenvalue weighted by molar-refractivity contribution is 5.82. The minimum atomic E-state index is -0.285. The predicted octanol–water partition coefficient (Wildman–Crippen LogP) is -1.20. The zero-order chi connectivity index (χ0) is 13.0. The van der Waals surface area contributed by atoms with Crippen molar-refractivity contribution in [1.29, 1.82) is 0 Å². The summed E-state index contributed by atoms with van der Waals surface area (Å²) in [6.45, 7) is 2.91. The van der Waals surface area contributed by atoms with Crippen LogP contribution in [0.5, 0.6) is 0 Å². The third-order valence-corrected chi connectivity index (χ3v) is 3.69. The molecule has 6 nitrogen and oxygen atoms in total. The molecule has 2 aliphatic heterocycles. The first-order chi connectivity index (χ1) is 8.65. The maximum absolute atomic E-state index is 11.9. The molecule has 18 heavy (non-hydrogen) atoms. The third-order valence-electron chi connectivity index (χ3n) is 3.69. The summed E-state index contributed by atoms with van der Waals surface area (Å²) < 4.78 is 0. The summed E-state index contributed by atoms with van der Waals surface area (Å²) >= 11 is 0. The van der Waals surface area contributed by atoms with Gasteiger partial charge in [-0.15, -0.1) is 0 Å². The summed E-state index contributed by atoms with van der Waals surface area (Å²) in [4.78, 5) is 24.8. The van der Waals surface area contributed by atoms with Crippen molar-refractivity contribution in [2.45, 2.75) is 37.8 Å². The monoisotopic (exact) mass is 254 g/mol. The number of carbonyl (C=O) groups is 2. The molecule has 2 aliphatic rings. The van der Waals surface area contributed by atoms with Crippen LogP contribution in [-0.2, 0) is 9.59 Å². The van der Waals surface area contributed by atoms with Crippen LogP contribution >= 0.6 is 0 Å². The number of piperidine rings is 1. The van der Waals surface area contributed by atoms with Crippen molar-refractivity contribution >= 4 is 11.8 Å². The first kappa shape index (κ1) is 13.3. The third kappa shape index (κ3) is 3.68. The van der Waals surface area contributed by atoms with Crippen LogP contribution in [0.1, 0.15) is 25.7 Å². The van der Waals surface area contributed by atoms with Crippen LogP contribution in [-0.4, -0.2) is 55.0 Å². The first-order valence-corrected chi connectivity index (χ1v) is 6.69. The molecule has 2 fully saturated rings. The van der Waals surface area contributed by atoms with Gasteiger partial charge in [-0.2, -0.15) is 0 Å². The van der Waals surface area contributed by atoms with Crippen LogP contribution in [0.4, 0.5) is 0 Å². The summed E-state index contributed by atoms with van der Waals surface area (Å²) in [5, 5.41) is 6.29. The van der Waals surface area contributed by atoms with E-state index in [-0.39, 0.29) is 23.9 Å². The number of hydrogen-bond donors (Lipinski definition) is 3. The Morgan fingerprint density at radius 3 is 2.56 bits per heavy atom. The van der Waals surface area contributed by atoms with Gasteiger partial charge in [-0.05, 0) is 32.2 Å². The molecule has 0 aromatic carbocycles. The number of nitrogens with two attached hydrogens (primary N) is 1. The van der Waals surface area contributed by atoms with E-state index in [0.29, 0.717) is 6.54 Å². The summed E-state index contributed by atoms with van der Waals surface area (Å²) in [6.07, 6.45) is 3.80. The zero-order valence-corrected chi connectivity index (χ0v) is 10.7. The van der Waals surface area contributed by atoms with Gasteiger partial charge in [-0.1, -0.05) is 0 Å². The minimum Gasteiger partial charge on any atom is -0.369 e. The lowest BCUT2D eigenvalue weighted by Gasteiger charge is -2.32. The molecule has 1 atom stereocenters. The predicted molar refractivity (Wildman–Crippen MR) is 67.8 cm³/mol. The quantitative estimate of drug-likeness (QED) is 0.588. The topological polar surface area (TPSA) is 87.5 Å². The van der Waals surface area contributed by atoms with Gasteiger partial charge in [0.25, 0.3) is 0 Å². The first-order valence-electron chi connectivity index (χ1n) is 6.69. The molecule has 6 heteroatoms. The average molecular weight is 254 g/mol. The molecule has 4 N–H and O–H groups in total. The second-order valence-electron chi connectivity index (χ2n) is 5.17. The van der Waals surface area contributed by atoms with Gasteiger partial charge in [0, 0.05) is 19.1 Å². The van der Waals surface area contributed by atoms with Crippen molar-refractivity contribution in [3.8, 4) is 0 Å². The normalized spacial score (nSPS) is 26.1. The van der Waals surface area contributed by atoms with Crippen LogP contribution in [0.3, 0.4) is 0 Å². The fourth-order valence-corrected chi connectivity index (χ4v) is 2.67. The molecule has 0 aliphatic carbocycles. The molecule has 2 amide bonds. The van der Waals surface area contributed by atoms with Gasteiger partial charge in [0.15, 0.2) is 0 Å². The molecule has 0 aromatic heterocycles. The van der Waals surface area contributed by atoms with Crippen molar-refractivity contribution in [2.24, 2.45) is 5.73 Å². The Morgan fingerprint density at radius 1 is 1.28 bits per heavy atom. The Kier molecular flexibility index (Phi) is 4.54. The van der Waals surface area contributed by atoms with E-state index in [0.717, 1.165) is 45.3 Å². The number of carbonyl (C=O) groups excluding carboxylic acids is 2. The van der Waals surface area contributed by atoms with E-state index < -0.39 is 0 Å². The van der Waals surface area contributed by atoms with Gasteiger partial charge >= 0.3 is 0 Å². The Balaban J connectivity index is 1.69. The standard InChI is InChI=1S/C12H22N4O2/c13-11(17)8-16-6-3-9(4-7-16)15-12(18)10-2-1-5-14-10/h9-10,14H,1-8H2,(H2,13,17)(H,15,18). The van der Waals surface area contributed by atoms with Crippen LogP contribution in [0, 0.1) is 0 Å². The Morgan fingerprint density at radius 2 is 2.00 bits per heavy atom. The molecule has 0 radical (unpaired) electrons. The van der Waals surface area contributed by atoms with Crippen molar-refractivity contribution in [1.82, 2.24) is 15.5 Å². The van der Waals surface area contributed by atoms with Gasteiger partial charge in [-0.25, -0.2) is 0 Å². The van der Waals surface area contributed by atoms with E-state index in [1.54, 1.807) is 0 Å². The molecule has 2 saturated heterocycles. The number of nitrogens with zero attached hydrogens (tertiary/aromatic N) is 1. The van der Waals surface area contributed by atoms with Crippen LogP contribution in [0.2, 0.25) is 0 Å². The highest BCUT2D eigenvalue weighted by Gasteiger charge is 2.26. The second kappa shape index (κ2) is 6.15. The number of rotatable bonds is 4. The Hall–Kier alpha value is -1.14. The van der Waals surface area contributed by atoms with Crippen LogP contribution in [0.15, 0.2) is 0 Å². The SMILES string of the molecule is NC(=O)CN1CCC(NC(=O)C2CCCN2)CC1. The van der Waals surface area contributed by atoms with Gasteiger partial charge in [0.2, 0.25) is 11.8 Å². The molecule has 0 bridgehead atoms. The summed E-state index contributed by atoms with van der Waals surface area (Å²) in [5.41, 5.74) is 5.16. The van der Waals surface area contributed by atoms with E-state index in [4.69, 9.17) is 5.73 Å². The number of amides is 2. The van der Waals surface area contributed by atoms with Crippen molar-refractivity contribution in [3.63, 3.8) is 0 Å². The van der Waals surface area contributed by atoms with Gasteiger partial charge < -0.3 is 16.4 Å². The molecule has 2 heterocycles. The average Bonchev–Trinajstić information content (AvgIpc) is 2.84. The number of likely N-dealkylation sites (tertiary alicyclic amines) is 1. The zero-order valence-electron chi connectivity index (χ0n) is 10.7. The maximum Gasteiger partial charge on any atom is 0.237 e. The summed E-state index contributed by atoms with van der Waals surface area (Å²) in [6, 6.07) is 0.234. The molecule has 0 saturated carbocycles. The van der Waals surface area contributed by atoms with E-state index in [1.165, 1.54) is 0 Å². The fourth-order valence-electron chi connectivity index (χ4n) is 2.67. The molecule has 102 valence electrons. The van der Waals surface area contributed by atoms with Gasteiger partial charge in [0.05, 0.1) is 12.6 Å². The summed E-state index contributed by atoms with van der Waals surface area (Å²) in [7, 11) is 0. The van der Waals surface area contributed by atoms with E-state index in [1.807, 2.05) is 4.90 Å². The second-order valence-corrected chi connectivity index (χ2v) is 5.17. The largest absolute Gasteiger partial charge is 0.369 e. The fraction of sp³-hybridized carbons (Fsp3) is 0.833. The van der Waals surface area contributed by atoms with Crippen LogP contribution in [0.25, 0.3) is 0 Å². The smallest absolute Gasteiger partial charge is 0.237 e. The van der Waals surface area contributed by atoms with Crippen molar-refractivity contribution in [2.75, 3.05) is 26.2 Å².